The molecule has 0 bridgehead atoms. The summed E-state index contributed by atoms with van der Waals surface area (Å²) in [5, 5.41) is 0. The fourth-order valence-electron chi connectivity index (χ4n) is 2.70. The Morgan fingerprint density at radius 2 is 1.28 bits per heavy atom. The van der Waals surface area contributed by atoms with Gasteiger partial charge in [-0.15, -0.1) is 0 Å². The summed E-state index contributed by atoms with van der Waals surface area (Å²) < 4.78 is 17.4. The number of ether oxygens (including phenoxy) is 3. The predicted octanol–water partition coefficient (Wildman–Crippen LogP) is 6.18. The van der Waals surface area contributed by atoms with Crippen molar-refractivity contribution < 1.29 is 28.6 Å². The maximum absolute atomic E-state index is 13.2. The highest BCUT2D eigenvalue weighted by molar-refractivity contribution is 9.10. The highest BCUT2D eigenvalue weighted by atomic mass is 79.9. The zero-order valence-electron chi connectivity index (χ0n) is 20.8. The van der Waals surface area contributed by atoms with Gasteiger partial charge in [0, 0.05) is 10.9 Å². The molecule has 0 fully saturated rings. The van der Waals surface area contributed by atoms with Gasteiger partial charge in [-0.05, 0) is 92.5 Å². The Labute approximate surface area is 199 Å². The summed E-state index contributed by atoms with van der Waals surface area (Å²) in [6.45, 7) is 17.1. The third kappa shape index (κ3) is 9.59. The molecule has 0 N–H and O–H groups in total. The first-order chi connectivity index (χ1) is 14.3. The molecule has 0 aliphatic heterocycles. The van der Waals surface area contributed by atoms with Gasteiger partial charge in [-0.3, -0.25) is 0 Å². The number of halogens is 1. The van der Waals surface area contributed by atoms with Gasteiger partial charge < -0.3 is 14.2 Å². The maximum atomic E-state index is 13.2. The van der Waals surface area contributed by atoms with Gasteiger partial charge in [-0.2, -0.15) is 4.90 Å². The van der Waals surface area contributed by atoms with Gasteiger partial charge in [0.05, 0.1) is 0 Å². The van der Waals surface area contributed by atoms with Gasteiger partial charge in [-0.25, -0.2) is 14.4 Å². The van der Waals surface area contributed by atoms with Crippen LogP contribution in [-0.2, 0) is 25.4 Å². The van der Waals surface area contributed by atoms with Crippen LogP contribution in [0.2, 0.25) is 0 Å². The van der Waals surface area contributed by atoms with Crippen molar-refractivity contribution >= 4 is 34.1 Å². The minimum atomic E-state index is -1.28. The molecule has 1 aromatic carbocycles. The Bertz CT molecular complexity index is 818. The van der Waals surface area contributed by atoms with Crippen molar-refractivity contribution in [2.45, 2.75) is 98.5 Å². The molecule has 8 heteroatoms. The van der Waals surface area contributed by atoms with Gasteiger partial charge in [0.25, 0.3) is 0 Å². The second-order valence-electron chi connectivity index (χ2n) is 10.7. The molecule has 7 nitrogen and oxygen atoms in total. The van der Waals surface area contributed by atoms with Crippen molar-refractivity contribution in [3.63, 3.8) is 0 Å². The Balaban J connectivity index is 3.53. The van der Waals surface area contributed by atoms with Crippen molar-refractivity contribution in [2.75, 3.05) is 0 Å². The van der Waals surface area contributed by atoms with Crippen molar-refractivity contribution in [3.8, 4) is 0 Å². The number of esters is 1. The zero-order valence-corrected chi connectivity index (χ0v) is 22.4. The molecule has 1 atom stereocenters. The zero-order chi connectivity index (χ0) is 25.1. The number of carbonyl (C=O) groups is 3. The predicted molar refractivity (Wildman–Crippen MR) is 127 cm³/mol. The molecule has 1 unspecified atom stereocenters. The Hall–Kier alpha value is -2.09. The molecule has 1 rings (SSSR count). The minimum Gasteiger partial charge on any atom is -0.458 e. The molecule has 1 aromatic rings. The van der Waals surface area contributed by atoms with E-state index in [2.05, 4.69) is 15.9 Å². The van der Waals surface area contributed by atoms with Gasteiger partial charge in [0.2, 0.25) is 0 Å². The number of aryl methyl sites for hydroxylation is 1. The Kier molecular flexibility index (Phi) is 8.94. The van der Waals surface area contributed by atoms with Gasteiger partial charge >= 0.3 is 18.2 Å². The molecule has 0 aromatic heterocycles. The summed E-state index contributed by atoms with van der Waals surface area (Å²) in [6.07, 6.45) is -1.90. The fourth-order valence-corrected chi connectivity index (χ4v) is 3.17. The number of amides is 2. The molecule has 0 aliphatic rings. The average molecular weight is 514 g/mol. The monoisotopic (exact) mass is 513 g/mol. The molecule has 2 amide bonds. The first-order valence-corrected chi connectivity index (χ1v) is 11.3. The van der Waals surface area contributed by atoms with E-state index in [1.165, 1.54) is 0 Å². The van der Waals surface area contributed by atoms with Crippen molar-refractivity contribution in [1.29, 1.82) is 0 Å². The number of hydrogen-bond acceptors (Lipinski definition) is 6. The SMILES string of the molecule is Cc1cc(Br)ccc1CC(C(=O)OC(C)(C)C)N(C(=O)OC(C)(C)C)C(=O)OC(C)(C)C. The normalized spacial score (nSPS) is 13.2. The number of hydrogen-bond donors (Lipinski definition) is 0. The van der Waals surface area contributed by atoms with E-state index in [0.29, 0.717) is 0 Å². The molecule has 0 spiro atoms. The van der Waals surface area contributed by atoms with E-state index in [1.54, 1.807) is 62.3 Å². The fraction of sp³-hybridized carbons (Fsp3) is 0.625. The van der Waals surface area contributed by atoms with Crippen LogP contribution in [0.1, 0.15) is 73.4 Å². The van der Waals surface area contributed by atoms with Gasteiger partial charge in [0.1, 0.15) is 22.8 Å². The van der Waals surface area contributed by atoms with E-state index in [0.717, 1.165) is 20.5 Å². The highest BCUT2D eigenvalue weighted by Gasteiger charge is 2.42. The Morgan fingerprint density at radius 1 is 0.844 bits per heavy atom. The van der Waals surface area contributed by atoms with Crippen LogP contribution in [-0.4, -0.2) is 45.9 Å². The van der Waals surface area contributed by atoms with E-state index in [4.69, 9.17) is 14.2 Å². The first kappa shape index (κ1) is 27.9. The third-order valence-corrected chi connectivity index (χ3v) is 4.38. The number of rotatable bonds is 4. The largest absolute Gasteiger partial charge is 0.458 e. The summed E-state index contributed by atoms with van der Waals surface area (Å²) in [5.41, 5.74) is -0.924. The quantitative estimate of drug-likeness (QED) is 0.353. The number of imide groups is 1. The van der Waals surface area contributed by atoms with Crippen molar-refractivity contribution in [1.82, 2.24) is 4.90 Å². The third-order valence-electron chi connectivity index (χ3n) is 3.89. The lowest BCUT2D eigenvalue weighted by atomic mass is 10.00. The lowest BCUT2D eigenvalue weighted by Gasteiger charge is -2.34. The molecule has 0 saturated heterocycles. The number of carbonyl (C=O) groups excluding carboxylic acids is 3. The van der Waals surface area contributed by atoms with Crippen molar-refractivity contribution in [3.05, 3.63) is 33.8 Å². The van der Waals surface area contributed by atoms with Crippen molar-refractivity contribution in [2.24, 2.45) is 0 Å². The minimum absolute atomic E-state index is 0.0481. The van der Waals surface area contributed by atoms with Crippen LogP contribution >= 0.6 is 15.9 Å². The van der Waals surface area contributed by atoms with Crippen LogP contribution < -0.4 is 0 Å². The number of nitrogens with zero attached hydrogens (tertiary/aromatic N) is 1. The standard InChI is InChI=1S/C24H36BrNO6/c1-15-13-17(25)12-11-16(15)14-18(19(27)30-22(2,3)4)26(20(28)31-23(5,6)7)21(29)32-24(8,9)10/h11-13,18H,14H2,1-10H3. The molecular weight excluding hydrogens is 478 g/mol. The average Bonchev–Trinajstić information content (AvgIpc) is 2.51. The van der Waals surface area contributed by atoms with Crippen LogP contribution in [0.4, 0.5) is 9.59 Å². The second-order valence-corrected chi connectivity index (χ2v) is 11.6. The topological polar surface area (TPSA) is 82.1 Å². The van der Waals surface area contributed by atoms with Crippen LogP contribution in [0, 0.1) is 6.92 Å². The summed E-state index contributed by atoms with van der Waals surface area (Å²) in [5.74, 6) is -0.725. The van der Waals surface area contributed by atoms with Gasteiger partial charge in [-0.1, -0.05) is 22.0 Å². The smallest absolute Gasteiger partial charge is 0.420 e. The molecule has 0 saturated carbocycles. The summed E-state index contributed by atoms with van der Waals surface area (Å²) in [7, 11) is 0. The van der Waals surface area contributed by atoms with Crippen LogP contribution in [0.25, 0.3) is 0 Å². The molecular formula is C24H36BrNO6. The second kappa shape index (κ2) is 10.2. The van der Waals surface area contributed by atoms with Gasteiger partial charge in [0.15, 0.2) is 0 Å². The van der Waals surface area contributed by atoms with E-state index in [1.807, 2.05) is 25.1 Å². The van der Waals surface area contributed by atoms with Crippen LogP contribution in [0.5, 0.6) is 0 Å². The van der Waals surface area contributed by atoms with E-state index in [-0.39, 0.29) is 6.42 Å². The lowest BCUT2D eigenvalue weighted by Crippen LogP contribution is -2.54. The van der Waals surface area contributed by atoms with Crippen LogP contribution in [0.15, 0.2) is 22.7 Å². The summed E-state index contributed by atoms with van der Waals surface area (Å²) >= 11 is 3.42. The summed E-state index contributed by atoms with van der Waals surface area (Å²) in [4.78, 5) is 40.2. The van der Waals surface area contributed by atoms with E-state index < -0.39 is 41.0 Å². The lowest BCUT2D eigenvalue weighted by molar-refractivity contribution is -0.161. The first-order valence-electron chi connectivity index (χ1n) is 10.5. The molecule has 0 heterocycles. The maximum Gasteiger partial charge on any atom is 0.420 e. The van der Waals surface area contributed by atoms with E-state index in [9.17, 15) is 14.4 Å². The molecule has 0 aliphatic carbocycles. The molecule has 32 heavy (non-hydrogen) atoms. The highest BCUT2D eigenvalue weighted by Crippen LogP contribution is 2.24. The molecule has 180 valence electrons. The summed E-state index contributed by atoms with van der Waals surface area (Å²) in [6, 6.07) is 4.28. The van der Waals surface area contributed by atoms with Crippen LogP contribution in [0.3, 0.4) is 0 Å². The van der Waals surface area contributed by atoms with E-state index >= 15 is 0 Å². The Morgan fingerprint density at radius 3 is 1.66 bits per heavy atom. The number of benzene rings is 1. The molecule has 0 radical (unpaired) electrons.